The van der Waals surface area contributed by atoms with Gasteiger partial charge in [-0.1, -0.05) is 11.8 Å². The molecule has 2 amide bonds. The second-order valence-corrected chi connectivity index (χ2v) is 7.84. The highest BCUT2D eigenvalue weighted by Gasteiger charge is 2.54. The van der Waals surface area contributed by atoms with E-state index in [4.69, 9.17) is 4.42 Å². The smallest absolute Gasteiger partial charge is 0.352 e. The van der Waals surface area contributed by atoms with Gasteiger partial charge in [0.1, 0.15) is 36.2 Å². The number of hydrogen-bond acceptors (Lipinski definition) is 10. The molecule has 146 valence electrons. The Hall–Kier alpha value is -2.87. The molecule has 2 aromatic heterocycles. The molecule has 2 aliphatic rings. The van der Waals surface area contributed by atoms with Gasteiger partial charge >= 0.3 is 5.97 Å². The van der Waals surface area contributed by atoms with Gasteiger partial charge in [0.2, 0.25) is 5.91 Å². The molecular weight excluding hydrogens is 410 g/mol. The fourth-order valence-corrected chi connectivity index (χ4v) is 5.11. The van der Waals surface area contributed by atoms with E-state index in [2.05, 4.69) is 25.8 Å². The number of nitrogens with one attached hydrogen (secondary N) is 1. The lowest BCUT2D eigenvalue weighted by atomic mass is 10.0. The van der Waals surface area contributed by atoms with E-state index in [-0.39, 0.29) is 12.2 Å². The number of rotatable bonds is 7. The third kappa shape index (κ3) is 3.47. The van der Waals surface area contributed by atoms with E-state index in [0.717, 1.165) is 0 Å². The number of carbonyl (C=O) groups is 3. The minimum Gasteiger partial charge on any atom is -0.477 e. The van der Waals surface area contributed by atoms with Gasteiger partial charge in [-0.05, 0) is 16.0 Å². The summed E-state index contributed by atoms with van der Waals surface area (Å²) in [5.74, 6) is -1.32. The van der Waals surface area contributed by atoms with Crippen molar-refractivity contribution in [2.45, 2.75) is 23.2 Å². The van der Waals surface area contributed by atoms with Crippen molar-refractivity contribution in [1.29, 1.82) is 0 Å². The summed E-state index contributed by atoms with van der Waals surface area (Å²) in [5.41, 5.74) is 0.558. The van der Waals surface area contributed by atoms with Gasteiger partial charge in [-0.15, -0.1) is 16.9 Å². The van der Waals surface area contributed by atoms with Crippen LogP contribution in [0.2, 0.25) is 0 Å². The Bertz CT molecular complexity index is 930. The number of nitrogens with zero attached hydrogens (tertiary/aromatic N) is 6. The van der Waals surface area contributed by atoms with Crippen molar-refractivity contribution >= 4 is 41.3 Å². The molecule has 2 atom stereocenters. The minimum atomic E-state index is -1.18. The SMILES string of the molecule is O=C(Cn1cnnn1)NC1C(=O)N2C(C(=O)O)=C(CSc3ncco3)CS[C@@H]12. The molecule has 1 fully saturated rings. The fraction of sp³-hybridized carbons (Fsp3) is 0.357. The zero-order chi connectivity index (χ0) is 19.7. The lowest BCUT2D eigenvalue weighted by Crippen LogP contribution is -2.70. The largest absolute Gasteiger partial charge is 0.477 e. The van der Waals surface area contributed by atoms with E-state index >= 15 is 0 Å². The number of thioether (sulfide) groups is 2. The van der Waals surface area contributed by atoms with Crippen LogP contribution in [0.3, 0.4) is 0 Å². The normalized spacial score (nSPS) is 21.3. The first-order chi connectivity index (χ1) is 13.5. The molecule has 28 heavy (non-hydrogen) atoms. The Morgan fingerprint density at radius 3 is 3.00 bits per heavy atom. The predicted octanol–water partition coefficient (Wildman–Crippen LogP) is -0.808. The first-order valence-corrected chi connectivity index (χ1v) is 10.0. The summed E-state index contributed by atoms with van der Waals surface area (Å²) in [5, 5.41) is 22.7. The van der Waals surface area contributed by atoms with Gasteiger partial charge in [0.15, 0.2) is 0 Å². The molecular formula is C14H13N7O5S2. The third-order valence-electron chi connectivity index (χ3n) is 4.04. The van der Waals surface area contributed by atoms with Crippen molar-refractivity contribution in [3.05, 3.63) is 30.1 Å². The highest BCUT2D eigenvalue weighted by atomic mass is 32.2. The molecule has 4 rings (SSSR count). The molecule has 1 saturated heterocycles. The van der Waals surface area contributed by atoms with Gasteiger partial charge in [0, 0.05) is 11.5 Å². The molecule has 0 spiro atoms. The van der Waals surface area contributed by atoms with Crippen LogP contribution in [0, 0.1) is 0 Å². The maximum atomic E-state index is 12.5. The van der Waals surface area contributed by atoms with Crippen molar-refractivity contribution in [2.75, 3.05) is 11.5 Å². The number of carboxylic acids is 1. The molecule has 4 heterocycles. The van der Waals surface area contributed by atoms with Crippen molar-refractivity contribution in [1.82, 2.24) is 35.4 Å². The number of hydrogen-bond donors (Lipinski definition) is 2. The molecule has 0 saturated carbocycles. The topological polar surface area (TPSA) is 156 Å². The number of fused-ring (bicyclic) bond motifs is 1. The molecule has 1 unspecified atom stereocenters. The molecule has 0 radical (unpaired) electrons. The van der Waals surface area contributed by atoms with E-state index in [1.165, 1.54) is 51.9 Å². The number of tetrazole rings is 1. The molecule has 0 aliphatic carbocycles. The van der Waals surface area contributed by atoms with Gasteiger partial charge in [-0.25, -0.2) is 14.5 Å². The van der Waals surface area contributed by atoms with Crippen molar-refractivity contribution in [2.24, 2.45) is 0 Å². The Labute approximate surface area is 165 Å². The number of carbonyl (C=O) groups excluding carboxylic acids is 2. The van der Waals surface area contributed by atoms with Crippen LogP contribution in [0.5, 0.6) is 0 Å². The summed E-state index contributed by atoms with van der Waals surface area (Å²) in [4.78, 5) is 41.6. The number of aliphatic carboxylic acids is 1. The molecule has 0 aromatic carbocycles. The van der Waals surface area contributed by atoms with E-state index in [9.17, 15) is 19.5 Å². The molecule has 2 aliphatic heterocycles. The molecule has 14 heteroatoms. The zero-order valence-electron chi connectivity index (χ0n) is 14.1. The van der Waals surface area contributed by atoms with E-state index in [1.54, 1.807) is 0 Å². The van der Waals surface area contributed by atoms with E-state index in [1.807, 2.05) is 0 Å². The molecule has 0 bridgehead atoms. The van der Waals surface area contributed by atoms with Crippen molar-refractivity contribution in [3.63, 3.8) is 0 Å². The highest BCUT2D eigenvalue weighted by Crippen LogP contribution is 2.41. The first-order valence-electron chi connectivity index (χ1n) is 7.97. The number of amides is 2. The monoisotopic (exact) mass is 423 g/mol. The van der Waals surface area contributed by atoms with Crippen molar-refractivity contribution < 1.29 is 23.9 Å². The lowest BCUT2D eigenvalue weighted by Gasteiger charge is -2.49. The first kappa shape index (κ1) is 18.5. The summed E-state index contributed by atoms with van der Waals surface area (Å²) < 4.78 is 6.37. The van der Waals surface area contributed by atoms with Crippen LogP contribution < -0.4 is 5.32 Å². The molecule has 12 nitrogen and oxygen atoms in total. The van der Waals surface area contributed by atoms with Gasteiger partial charge < -0.3 is 14.8 Å². The van der Waals surface area contributed by atoms with Crippen LogP contribution >= 0.6 is 23.5 Å². The summed E-state index contributed by atoms with van der Waals surface area (Å²) in [6, 6.07) is -0.788. The second kappa shape index (κ2) is 7.63. The van der Waals surface area contributed by atoms with Crippen LogP contribution in [0.25, 0.3) is 0 Å². The Balaban J connectivity index is 1.44. The molecule has 2 N–H and O–H groups in total. The summed E-state index contributed by atoms with van der Waals surface area (Å²) >= 11 is 2.65. The average molecular weight is 423 g/mol. The molecule has 2 aromatic rings. The standard InChI is InChI=1S/C14H13N7O5S2/c22-8(3-20-6-16-18-19-20)17-9-11(23)21-10(13(24)25)7(4-27-12(9)21)5-28-14-15-1-2-26-14/h1-2,6,9,12H,3-5H2,(H,17,22)(H,24,25)/t9?,12-/m0/s1. The Morgan fingerprint density at radius 2 is 2.32 bits per heavy atom. The summed E-state index contributed by atoms with van der Waals surface area (Å²) in [7, 11) is 0. The van der Waals surface area contributed by atoms with Crippen LogP contribution in [-0.4, -0.2) is 75.9 Å². The van der Waals surface area contributed by atoms with E-state index in [0.29, 0.717) is 22.3 Å². The highest BCUT2D eigenvalue weighted by molar-refractivity contribution is 8.01. The van der Waals surface area contributed by atoms with Gasteiger partial charge in [-0.3, -0.25) is 14.5 Å². The summed E-state index contributed by atoms with van der Waals surface area (Å²) in [6.07, 6.45) is 4.22. The van der Waals surface area contributed by atoms with Crippen LogP contribution in [0.15, 0.2) is 39.7 Å². The Morgan fingerprint density at radius 1 is 1.46 bits per heavy atom. The van der Waals surface area contributed by atoms with Gasteiger partial charge in [0.05, 0.1) is 6.20 Å². The second-order valence-electron chi connectivity index (χ2n) is 5.81. The number of carboxylic acid groups (broad SMARTS) is 1. The lowest BCUT2D eigenvalue weighted by molar-refractivity contribution is -0.150. The maximum Gasteiger partial charge on any atom is 0.352 e. The minimum absolute atomic E-state index is 0.0428. The average Bonchev–Trinajstić information content (AvgIpc) is 3.37. The van der Waals surface area contributed by atoms with Crippen LogP contribution in [0.4, 0.5) is 0 Å². The number of β-lactam (4-membered cyclic amide) rings is 1. The Kier molecular flexibility index (Phi) is 5.04. The van der Waals surface area contributed by atoms with Crippen molar-refractivity contribution in [3.8, 4) is 0 Å². The van der Waals surface area contributed by atoms with Crippen LogP contribution in [0.1, 0.15) is 0 Å². The maximum absolute atomic E-state index is 12.5. The number of aromatic nitrogens is 5. The third-order valence-corrected chi connectivity index (χ3v) is 6.32. The fourth-order valence-electron chi connectivity index (χ4n) is 2.84. The zero-order valence-corrected chi connectivity index (χ0v) is 15.7. The summed E-state index contributed by atoms with van der Waals surface area (Å²) in [6.45, 7) is -0.131. The quantitative estimate of drug-likeness (QED) is 0.424. The van der Waals surface area contributed by atoms with Gasteiger partial charge in [0.25, 0.3) is 11.1 Å². The number of oxazole rings is 1. The van der Waals surface area contributed by atoms with Gasteiger partial charge in [-0.2, -0.15) is 0 Å². The predicted molar refractivity (Wildman–Crippen MR) is 94.7 cm³/mol. The van der Waals surface area contributed by atoms with E-state index < -0.39 is 29.2 Å². The van der Waals surface area contributed by atoms with Crippen LogP contribution in [-0.2, 0) is 20.9 Å².